The van der Waals surface area contributed by atoms with Gasteiger partial charge in [-0.25, -0.2) is 13.1 Å². The monoisotopic (exact) mass is 288 g/mol. The van der Waals surface area contributed by atoms with Crippen molar-refractivity contribution >= 4 is 33.3 Å². The van der Waals surface area contributed by atoms with E-state index in [4.69, 9.17) is 21.8 Å². The van der Waals surface area contributed by atoms with Crippen LogP contribution >= 0.6 is 11.6 Å². The van der Waals surface area contributed by atoms with E-state index >= 15 is 0 Å². The SMILES string of the molecule is Cc1nnc(NS(=O)(=O)c2c(N)cccc2Cl)o1. The highest BCUT2D eigenvalue weighted by molar-refractivity contribution is 7.93. The number of hydrogen-bond donors (Lipinski definition) is 2. The summed E-state index contributed by atoms with van der Waals surface area (Å²) in [7, 11) is -3.96. The molecule has 7 nitrogen and oxygen atoms in total. The van der Waals surface area contributed by atoms with Crippen molar-refractivity contribution < 1.29 is 12.8 Å². The number of anilines is 2. The number of aryl methyl sites for hydroxylation is 1. The molecule has 2 rings (SSSR count). The van der Waals surface area contributed by atoms with E-state index in [1.807, 2.05) is 0 Å². The van der Waals surface area contributed by atoms with Crippen LogP contribution in [0.3, 0.4) is 0 Å². The predicted octanol–water partition coefficient (Wildman–Crippen LogP) is 1.41. The van der Waals surface area contributed by atoms with Gasteiger partial charge >= 0.3 is 6.01 Å². The summed E-state index contributed by atoms with van der Waals surface area (Å²) in [6, 6.07) is 4.16. The van der Waals surface area contributed by atoms with Gasteiger partial charge in [-0.2, -0.15) is 0 Å². The van der Waals surface area contributed by atoms with Gasteiger partial charge in [0.25, 0.3) is 10.0 Å². The molecule has 0 fully saturated rings. The van der Waals surface area contributed by atoms with Gasteiger partial charge in [0.05, 0.1) is 10.7 Å². The maximum atomic E-state index is 12.0. The van der Waals surface area contributed by atoms with Crippen molar-refractivity contribution in [3.63, 3.8) is 0 Å². The molecule has 0 aliphatic rings. The smallest absolute Gasteiger partial charge is 0.329 e. The molecule has 0 atom stereocenters. The second-order valence-electron chi connectivity index (χ2n) is 3.39. The Morgan fingerprint density at radius 3 is 2.67 bits per heavy atom. The number of nitrogens with one attached hydrogen (secondary N) is 1. The molecule has 0 aliphatic heterocycles. The Morgan fingerprint density at radius 2 is 2.11 bits per heavy atom. The quantitative estimate of drug-likeness (QED) is 0.826. The van der Waals surface area contributed by atoms with Crippen LogP contribution < -0.4 is 10.5 Å². The fourth-order valence-electron chi connectivity index (χ4n) is 1.31. The van der Waals surface area contributed by atoms with Crippen LogP contribution in [-0.4, -0.2) is 18.6 Å². The van der Waals surface area contributed by atoms with Crippen molar-refractivity contribution in [3.05, 3.63) is 29.1 Å². The third kappa shape index (κ3) is 2.39. The van der Waals surface area contributed by atoms with Crippen LogP contribution in [0.1, 0.15) is 5.89 Å². The molecule has 1 heterocycles. The molecule has 96 valence electrons. The second kappa shape index (κ2) is 4.46. The van der Waals surface area contributed by atoms with E-state index < -0.39 is 10.0 Å². The van der Waals surface area contributed by atoms with Crippen molar-refractivity contribution in [2.75, 3.05) is 10.5 Å². The highest BCUT2D eigenvalue weighted by atomic mass is 35.5. The minimum atomic E-state index is -3.96. The number of halogens is 1. The molecule has 0 aliphatic carbocycles. The van der Waals surface area contributed by atoms with E-state index in [9.17, 15) is 8.42 Å². The molecule has 0 unspecified atom stereocenters. The van der Waals surface area contributed by atoms with Crippen LogP contribution in [0.25, 0.3) is 0 Å². The fourth-order valence-corrected chi connectivity index (χ4v) is 2.92. The van der Waals surface area contributed by atoms with Gasteiger partial charge in [0, 0.05) is 6.92 Å². The lowest BCUT2D eigenvalue weighted by molar-refractivity contribution is 0.534. The van der Waals surface area contributed by atoms with Crippen LogP contribution in [0, 0.1) is 6.92 Å². The molecule has 9 heteroatoms. The highest BCUT2D eigenvalue weighted by Gasteiger charge is 2.23. The van der Waals surface area contributed by atoms with Gasteiger partial charge < -0.3 is 10.2 Å². The second-order valence-corrected chi connectivity index (χ2v) is 5.42. The Morgan fingerprint density at radius 1 is 1.39 bits per heavy atom. The van der Waals surface area contributed by atoms with Crippen LogP contribution in [0.2, 0.25) is 5.02 Å². The molecule has 1 aromatic carbocycles. The lowest BCUT2D eigenvalue weighted by Crippen LogP contribution is -2.15. The molecule has 0 saturated carbocycles. The van der Waals surface area contributed by atoms with Gasteiger partial charge in [0.1, 0.15) is 4.90 Å². The predicted molar refractivity (Wildman–Crippen MR) is 65.7 cm³/mol. The average molecular weight is 289 g/mol. The van der Waals surface area contributed by atoms with Crippen molar-refractivity contribution in [1.82, 2.24) is 10.2 Å². The van der Waals surface area contributed by atoms with Gasteiger partial charge in [-0.05, 0) is 12.1 Å². The number of benzene rings is 1. The summed E-state index contributed by atoms with van der Waals surface area (Å²) in [4.78, 5) is -0.220. The maximum Gasteiger partial charge on any atom is 0.329 e. The normalized spacial score (nSPS) is 11.4. The molecule has 3 N–H and O–H groups in total. The zero-order valence-corrected chi connectivity index (χ0v) is 10.8. The van der Waals surface area contributed by atoms with E-state index in [0.29, 0.717) is 0 Å². The lowest BCUT2D eigenvalue weighted by atomic mass is 10.3. The number of sulfonamides is 1. The lowest BCUT2D eigenvalue weighted by Gasteiger charge is -2.08. The van der Waals surface area contributed by atoms with Gasteiger partial charge in [0.2, 0.25) is 5.89 Å². The van der Waals surface area contributed by atoms with E-state index in [0.717, 1.165) is 0 Å². The molecule has 0 radical (unpaired) electrons. The third-order valence-electron chi connectivity index (χ3n) is 2.01. The molecule has 0 spiro atoms. The van der Waals surface area contributed by atoms with Crippen LogP contribution in [-0.2, 0) is 10.0 Å². The van der Waals surface area contributed by atoms with Crippen molar-refractivity contribution in [3.8, 4) is 0 Å². The number of nitrogens with zero attached hydrogens (tertiary/aromatic N) is 2. The molecule has 18 heavy (non-hydrogen) atoms. The Labute approximate surface area is 108 Å². The third-order valence-corrected chi connectivity index (χ3v) is 3.88. The summed E-state index contributed by atoms with van der Waals surface area (Å²) in [5.41, 5.74) is 5.63. The average Bonchev–Trinajstić information content (AvgIpc) is 2.62. The van der Waals surface area contributed by atoms with Gasteiger partial charge in [-0.15, -0.1) is 5.10 Å². The highest BCUT2D eigenvalue weighted by Crippen LogP contribution is 2.28. The van der Waals surface area contributed by atoms with Gasteiger partial charge in [-0.3, -0.25) is 0 Å². The summed E-state index contributed by atoms with van der Waals surface area (Å²) >= 11 is 5.82. The minimum Gasteiger partial charge on any atom is -0.408 e. The molecular formula is C9H9ClN4O3S. The van der Waals surface area contributed by atoms with Crippen LogP contribution in [0.5, 0.6) is 0 Å². The number of hydrogen-bond acceptors (Lipinski definition) is 6. The first-order valence-corrected chi connectivity index (χ1v) is 6.63. The molecule has 0 amide bonds. The standard InChI is InChI=1S/C9H9ClN4O3S/c1-5-12-13-9(17-5)14-18(15,16)8-6(10)3-2-4-7(8)11/h2-4H,11H2,1H3,(H,13,14). The van der Waals surface area contributed by atoms with Crippen molar-refractivity contribution in [2.24, 2.45) is 0 Å². The number of aromatic nitrogens is 2. The van der Waals surface area contributed by atoms with Crippen LogP contribution in [0.15, 0.2) is 27.5 Å². The maximum absolute atomic E-state index is 12.0. The van der Waals surface area contributed by atoms with E-state index in [2.05, 4.69) is 14.9 Å². The largest absolute Gasteiger partial charge is 0.408 e. The fraction of sp³-hybridized carbons (Fsp3) is 0.111. The summed E-state index contributed by atoms with van der Waals surface area (Å²) in [6.07, 6.45) is 0. The summed E-state index contributed by atoms with van der Waals surface area (Å²) in [5, 5.41) is 7.04. The molecule has 0 saturated heterocycles. The first-order chi connectivity index (χ1) is 8.40. The summed E-state index contributed by atoms with van der Waals surface area (Å²) < 4.78 is 31.1. The molecule has 0 bridgehead atoms. The minimum absolute atomic E-state index is 0.0127. The first-order valence-electron chi connectivity index (χ1n) is 4.77. The number of nitrogens with two attached hydrogens (primary N) is 1. The number of rotatable bonds is 3. The van der Waals surface area contributed by atoms with Crippen molar-refractivity contribution in [1.29, 1.82) is 0 Å². The van der Waals surface area contributed by atoms with E-state index in [1.54, 1.807) is 6.07 Å². The molecular weight excluding hydrogens is 280 g/mol. The topological polar surface area (TPSA) is 111 Å². The summed E-state index contributed by atoms with van der Waals surface area (Å²) in [6.45, 7) is 1.54. The first kappa shape index (κ1) is 12.7. The Bertz CT molecular complexity index is 663. The zero-order valence-electron chi connectivity index (χ0n) is 9.21. The zero-order chi connectivity index (χ0) is 13.3. The molecule has 1 aromatic heterocycles. The number of nitrogen functional groups attached to an aromatic ring is 1. The van der Waals surface area contributed by atoms with Gasteiger partial charge in [0.15, 0.2) is 0 Å². The Kier molecular flexibility index (Phi) is 3.14. The van der Waals surface area contributed by atoms with Crippen molar-refractivity contribution in [2.45, 2.75) is 11.8 Å². The Hall–Kier alpha value is -1.80. The van der Waals surface area contributed by atoms with Gasteiger partial charge in [-0.1, -0.05) is 22.8 Å². The molecule has 2 aromatic rings. The summed E-state index contributed by atoms with van der Waals surface area (Å²) in [5.74, 6) is 0.236. The van der Waals surface area contributed by atoms with Crippen LogP contribution in [0.4, 0.5) is 11.7 Å². The van der Waals surface area contributed by atoms with E-state index in [1.165, 1.54) is 19.1 Å². The Balaban J connectivity index is 2.43. The van der Waals surface area contributed by atoms with E-state index in [-0.39, 0.29) is 27.5 Å².